The normalized spacial score (nSPS) is 13.4. The fourth-order valence-electron chi connectivity index (χ4n) is 5.04. The van der Waals surface area contributed by atoms with Crippen LogP contribution >= 0.6 is 0 Å². The molecule has 0 saturated carbocycles. The first-order valence-corrected chi connectivity index (χ1v) is 12.7. The molecule has 0 aliphatic heterocycles. The number of nitrogens with zero attached hydrogens (tertiary/aromatic N) is 3. The van der Waals surface area contributed by atoms with Crippen molar-refractivity contribution >= 4 is 0 Å². The van der Waals surface area contributed by atoms with Crippen LogP contribution in [0.5, 0.6) is 0 Å². The van der Waals surface area contributed by atoms with Crippen molar-refractivity contribution < 1.29 is 0 Å². The first-order valence-electron chi connectivity index (χ1n) is 12.7. The minimum atomic E-state index is 0.227. The van der Waals surface area contributed by atoms with E-state index in [9.17, 15) is 0 Å². The van der Waals surface area contributed by atoms with E-state index in [1.807, 2.05) is 6.20 Å². The van der Waals surface area contributed by atoms with Gasteiger partial charge in [0, 0.05) is 13.1 Å². The molecule has 0 bridgehead atoms. The Morgan fingerprint density at radius 2 is 1.58 bits per heavy atom. The van der Waals surface area contributed by atoms with E-state index in [1.165, 1.54) is 60.1 Å². The van der Waals surface area contributed by atoms with Gasteiger partial charge < -0.3 is 10.2 Å². The second-order valence-corrected chi connectivity index (χ2v) is 9.16. The Morgan fingerprint density at radius 3 is 2.27 bits per heavy atom. The molecule has 0 fully saturated rings. The third-order valence-electron chi connectivity index (χ3n) is 6.72. The van der Waals surface area contributed by atoms with Gasteiger partial charge in [0.05, 0.1) is 17.9 Å². The molecule has 1 heterocycles. The second-order valence-electron chi connectivity index (χ2n) is 9.16. The Bertz CT molecular complexity index is 918. The highest BCUT2D eigenvalue weighted by Crippen LogP contribution is 2.23. The van der Waals surface area contributed by atoms with Gasteiger partial charge in [-0.25, -0.2) is 0 Å². The van der Waals surface area contributed by atoms with Gasteiger partial charge in [0.15, 0.2) is 0 Å². The van der Waals surface area contributed by atoms with E-state index in [-0.39, 0.29) is 6.04 Å². The summed E-state index contributed by atoms with van der Waals surface area (Å²) < 4.78 is 0. The van der Waals surface area contributed by atoms with Gasteiger partial charge in [0.2, 0.25) is 0 Å². The third kappa shape index (κ3) is 6.72. The Balaban J connectivity index is 1.31. The van der Waals surface area contributed by atoms with Crippen LogP contribution < -0.4 is 5.32 Å². The molecule has 174 valence electrons. The molecule has 0 atom stereocenters. The Hall–Kier alpha value is -2.56. The summed E-state index contributed by atoms with van der Waals surface area (Å²) in [5.74, 6) is 0. The number of hydrogen-bond acceptors (Lipinski definition) is 4. The molecular weight excluding hydrogens is 404 g/mol. The fraction of sp³-hybridized carbons (Fsp3) is 0.448. The average Bonchev–Trinajstić information content (AvgIpc) is 2.88. The van der Waals surface area contributed by atoms with E-state index >= 15 is 0 Å². The zero-order chi connectivity index (χ0) is 22.7. The Morgan fingerprint density at radius 1 is 0.879 bits per heavy atom. The van der Waals surface area contributed by atoms with Crippen LogP contribution in [0.2, 0.25) is 0 Å². The van der Waals surface area contributed by atoms with Crippen LogP contribution in [0.4, 0.5) is 0 Å². The lowest BCUT2D eigenvalue weighted by Crippen LogP contribution is -2.35. The quantitative estimate of drug-likeness (QED) is 0.409. The lowest BCUT2D eigenvalue weighted by molar-refractivity contribution is 0.268. The number of aromatic nitrogens is 2. The number of hydrogen-bond donors (Lipinski definition) is 1. The van der Waals surface area contributed by atoms with E-state index in [0.717, 1.165) is 39.0 Å². The van der Waals surface area contributed by atoms with Crippen LogP contribution in [0, 0.1) is 0 Å². The molecule has 0 radical (unpaired) electrons. The molecule has 0 saturated heterocycles. The van der Waals surface area contributed by atoms with E-state index in [1.54, 1.807) is 0 Å². The van der Waals surface area contributed by atoms with Gasteiger partial charge >= 0.3 is 0 Å². The minimum absolute atomic E-state index is 0.227. The second kappa shape index (κ2) is 12.6. The molecule has 1 aliphatic rings. The van der Waals surface area contributed by atoms with Crippen molar-refractivity contribution in [1.29, 1.82) is 0 Å². The maximum absolute atomic E-state index is 4.39. The number of rotatable bonds is 12. The van der Waals surface area contributed by atoms with Crippen LogP contribution in [0.3, 0.4) is 0 Å². The first kappa shape index (κ1) is 23.6. The largest absolute Gasteiger partial charge is 0.305 e. The van der Waals surface area contributed by atoms with Gasteiger partial charge in [-0.2, -0.15) is 10.2 Å². The number of aryl methyl sites for hydroxylation is 2. The molecule has 3 aromatic rings. The summed E-state index contributed by atoms with van der Waals surface area (Å²) in [7, 11) is 0. The third-order valence-corrected chi connectivity index (χ3v) is 6.72. The van der Waals surface area contributed by atoms with E-state index in [2.05, 4.69) is 88.0 Å². The molecule has 4 heteroatoms. The molecule has 1 N–H and O–H groups in total. The molecule has 1 aromatic heterocycles. The van der Waals surface area contributed by atoms with E-state index in [4.69, 9.17) is 0 Å². The van der Waals surface area contributed by atoms with Crippen LogP contribution in [-0.4, -0.2) is 41.3 Å². The van der Waals surface area contributed by atoms with Gasteiger partial charge in [-0.15, -0.1) is 0 Å². The summed E-state index contributed by atoms with van der Waals surface area (Å²) in [6, 6.07) is 21.8. The molecular formula is C29H38N4. The zero-order valence-electron chi connectivity index (χ0n) is 20.0. The van der Waals surface area contributed by atoms with E-state index < -0.39 is 0 Å². The van der Waals surface area contributed by atoms with Crippen molar-refractivity contribution in [3.8, 4) is 0 Å². The van der Waals surface area contributed by atoms with Crippen molar-refractivity contribution in [1.82, 2.24) is 20.4 Å². The highest BCUT2D eigenvalue weighted by Gasteiger charge is 2.16. The maximum atomic E-state index is 4.39. The first-order chi connectivity index (χ1) is 16.3. The lowest BCUT2D eigenvalue weighted by atomic mass is 9.91. The topological polar surface area (TPSA) is 41.1 Å². The molecule has 0 unspecified atom stereocenters. The standard InChI is InChI=1S/C29H38N4/c1-2-20-33(21-11-16-26-23-31-32-28-18-10-9-17-27(26)28)22-19-30-29(24-12-5-3-6-13-24)25-14-7-4-8-15-25/h3-8,12-15,23,29-30H,2,9-11,16-22H2,1H3. The molecule has 0 spiro atoms. The minimum Gasteiger partial charge on any atom is -0.305 e. The molecule has 33 heavy (non-hydrogen) atoms. The Labute approximate surface area is 199 Å². The highest BCUT2D eigenvalue weighted by molar-refractivity contribution is 5.32. The van der Waals surface area contributed by atoms with Crippen LogP contribution in [0.25, 0.3) is 0 Å². The summed E-state index contributed by atoms with van der Waals surface area (Å²) in [5, 5.41) is 12.5. The summed E-state index contributed by atoms with van der Waals surface area (Å²) >= 11 is 0. The summed E-state index contributed by atoms with van der Waals surface area (Å²) in [6.45, 7) is 6.60. The summed E-state index contributed by atoms with van der Waals surface area (Å²) in [6.07, 6.45) is 10.3. The molecule has 4 nitrogen and oxygen atoms in total. The zero-order valence-corrected chi connectivity index (χ0v) is 20.0. The summed E-state index contributed by atoms with van der Waals surface area (Å²) in [4.78, 5) is 2.61. The lowest BCUT2D eigenvalue weighted by Gasteiger charge is -2.25. The molecule has 1 aliphatic carbocycles. The fourth-order valence-corrected chi connectivity index (χ4v) is 5.04. The van der Waals surface area contributed by atoms with Gasteiger partial charge in [-0.1, -0.05) is 67.6 Å². The predicted octanol–water partition coefficient (Wildman–Crippen LogP) is 5.38. The van der Waals surface area contributed by atoms with Crippen LogP contribution in [0.1, 0.15) is 66.6 Å². The Kier molecular flexibility index (Phi) is 9.02. The van der Waals surface area contributed by atoms with Crippen LogP contribution in [0.15, 0.2) is 66.9 Å². The van der Waals surface area contributed by atoms with Crippen LogP contribution in [-0.2, 0) is 19.3 Å². The smallest absolute Gasteiger partial charge is 0.0665 e. The van der Waals surface area contributed by atoms with Crippen molar-refractivity contribution in [2.75, 3.05) is 26.2 Å². The molecule has 2 aromatic carbocycles. The van der Waals surface area contributed by atoms with Crippen molar-refractivity contribution in [2.24, 2.45) is 0 Å². The predicted molar refractivity (Wildman–Crippen MR) is 136 cm³/mol. The van der Waals surface area contributed by atoms with Gasteiger partial charge in [0.25, 0.3) is 0 Å². The monoisotopic (exact) mass is 442 g/mol. The van der Waals surface area contributed by atoms with Crippen molar-refractivity contribution in [3.05, 3.63) is 94.8 Å². The number of benzene rings is 2. The van der Waals surface area contributed by atoms with Gasteiger partial charge in [-0.3, -0.25) is 0 Å². The maximum Gasteiger partial charge on any atom is 0.0665 e. The van der Waals surface area contributed by atoms with E-state index in [0.29, 0.717) is 0 Å². The van der Waals surface area contributed by atoms with Crippen molar-refractivity contribution in [3.63, 3.8) is 0 Å². The SMILES string of the molecule is CCCN(CCCc1cnnc2c1CCCC2)CCNC(c1ccccc1)c1ccccc1. The van der Waals surface area contributed by atoms with Gasteiger partial charge in [0.1, 0.15) is 0 Å². The average molecular weight is 443 g/mol. The number of nitrogens with one attached hydrogen (secondary N) is 1. The number of fused-ring (bicyclic) bond motifs is 1. The molecule has 0 amide bonds. The molecule has 4 rings (SSSR count). The summed E-state index contributed by atoms with van der Waals surface area (Å²) in [5.41, 5.74) is 6.82. The van der Waals surface area contributed by atoms with Crippen molar-refractivity contribution in [2.45, 2.75) is 57.9 Å². The van der Waals surface area contributed by atoms with Gasteiger partial charge in [-0.05, 0) is 80.3 Å². The highest BCUT2D eigenvalue weighted by atomic mass is 15.1.